The maximum atomic E-state index is 12.3. The average molecular weight is 317 g/mol. The van der Waals surface area contributed by atoms with Crippen LogP contribution in [0.15, 0.2) is 43.0 Å². The molecule has 126 valence electrons. The lowest BCUT2D eigenvalue weighted by molar-refractivity contribution is 0.0125. The monoisotopic (exact) mass is 317 g/mol. The molecule has 0 aliphatic carbocycles. The zero-order chi connectivity index (χ0) is 16.9. The summed E-state index contributed by atoms with van der Waals surface area (Å²) in [7, 11) is 0. The van der Waals surface area contributed by atoms with Crippen LogP contribution in [-0.4, -0.2) is 35.8 Å². The Kier molecular flexibility index (Phi) is 5.83. The van der Waals surface area contributed by atoms with E-state index in [1.165, 1.54) is 0 Å². The van der Waals surface area contributed by atoms with E-state index in [0.717, 1.165) is 12.0 Å². The van der Waals surface area contributed by atoms with Crippen LogP contribution < -0.4 is 0 Å². The number of allylic oxidation sites excluding steroid dienone is 1. The van der Waals surface area contributed by atoms with Crippen LogP contribution in [0.5, 0.6) is 0 Å². The fraction of sp³-hybridized carbons (Fsp3) is 0.526. The number of carbonyl (C=O) groups is 1. The van der Waals surface area contributed by atoms with Crippen LogP contribution in [0.3, 0.4) is 0 Å². The Balaban J connectivity index is 1.95. The van der Waals surface area contributed by atoms with Crippen molar-refractivity contribution in [2.24, 2.45) is 5.92 Å². The van der Waals surface area contributed by atoms with Crippen LogP contribution in [-0.2, 0) is 16.1 Å². The molecule has 4 heteroatoms. The van der Waals surface area contributed by atoms with E-state index in [1.807, 2.05) is 57.2 Å². The van der Waals surface area contributed by atoms with E-state index >= 15 is 0 Å². The second-order valence-corrected chi connectivity index (χ2v) is 7.00. The average Bonchev–Trinajstić information content (AvgIpc) is 2.88. The van der Waals surface area contributed by atoms with Gasteiger partial charge in [0.05, 0.1) is 19.3 Å². The summed E-state index contributed by atoms with van der Waals surface area (Å²) in [5.74, 6) is 0.267. The SMILES string of the molecule is C=CC[C@H]1CN(C(=O)OC(C)(C)C)C[C@@H]1OCc1ccccc1. The van der Waals surface area contributed by atoms with Gasteiger partial charge >= 0.3 is 6.09 Å². The standard InChI is InChI=1S/C19H27NO3/c1-5-9-16-12-20(18(21)23-19(2,3)4)13-17(16)22-14-15-10-7-6-8-11-15/h5-8,10-11,16-17H,1,9,12-14H2,2-4H3/t16-,17-/m0/s1. The van der Waals surface area contributed by atoms with Gasteiger partial charge in [0.15, 0.2) is 0 Å². The van der Waals surface area contributed by atoms with Gasteiger partial charge in [-0.15, -0.1) is 6.58 Å². The van der Waals surface area contributed by atoms with Gasteiger partial charge in [0, 0.05) is 12.5 Å². The van der Waals surface area contributed by atoms with E-state index in [-0.39, 0.29) is 18.1 Å². The minimum atomic E-state index is -0.478. The maximum absolute atomic E-state index is 12.3. The molecule has 0 radical (unpaired) electrons. The van der Waals surface area contributed by atoms with Crippen LogP contribution >= 0.6 is 0 Å². The quantitative estimate of drug-likeness (QED) is 0.770. The lowest BCUT2D eigenvalue weighted by Gasteiger charge is -2.24. The summed E-state index contributed by atoms with van der Waals surface area (Å²) in [6.45, 7) is 11.2. The molecule has 0 saturated carbocycles. The Morgan fingerprint density at radius 2 is 2.00 bits per heavy atom. The van der Waals surface area contributed by atoms with Gasteiger partial charge in [-0.3, -0.25) is 0 Å². The van der Waals surface area contributed by atoms with Crippen molar-refractivity contribution in [2.75, 3.05) is 13.1 Å². The number of hydrogen-bond donors (Lipinski definition) is 0. The van der Waals surface area contributed by atoms with Gasteiger partial charge in [0.25, 0.3) is 0 Å². The first kappa shape index (κ1) is 17.5. The van der Waals surface area contributed by atoms with E-state index in [0.29, 0.717) is 19.7 Å². The van der Waals surface area contributed by atoms with Crippen LogP contribution in [0.1, 0.15) is 32.8 Å². The van der Waals surface area contributed by atoms with Crippen LogP contribution in [0.4, 0.5) is 4.79 Å². The van der Waals surface area contributed by atoms with Crippen molar-refractivity contribution in [2.45, 2.75) is 45.5 Å². The molecule has 4 nitrogen and oxygen atoms in total. The minimum Gasteiger partial charge on any atom is -0.444 e. The molecule has 0 N–H and O–H groups in total. The summed E-state index contributed by atoms with van der Waals surface area (Å²) in [4.78, 5) is 14.0. The van der Waals surface area contributed by atoms with Gasteiger partial charge in [-0.05, 0) is 32.8 Å². The topological polar surface area (TPSA) is 38.8 Å². The van der Waals surface area contributed by atoms with Gasteiger partial charge in [0.2, 0.25) is 0 Å². The first-order valence-electron chi connectivity index (χ1n) is 8.13. The van der Waals surface area contributed by atoms with Gasteiger partial charge in [-0.2, -0.15) is 0 Å². The molecule has 2 atom stereocenters. The Bertz CT molecular complexity index is 521. The first-order valence-corrected chi connectivity index (χ1v) is 8.13. The largest absolute Gasteiger partial charge is 0.444 e. The third-order valence-electron chi connectivity index (χ3n) is 3.81. The smallest absolute Gasteiger partial charge is 0.410 e. The molecule has 23 heavy (non-hydrogen) atoms. The first-order chi connectivity index (χ1) is 10.9. The number of rotatable bonds is 5. The highest BCUT2D eigenvalue weighted by Gasteiger charge is 2.37. The van der Waals surface area contributed by atoms with E-state index in [4.69, 9.17) is 9.47 Å². The number of ether oxygens (including phenoxy) is 2. The molecule has 0 unspecified atom stereocenters. The zero-order valence-corrected chi connectivity index (χ0v) is 14.3. The molecular weight excluding hydrogens is 290 g/mol. The number of hydrogen-bond acceptors (Lipinski definition) is 3. The lowest BCUT2D eigenvalue weighted by atomic mass is 10.0. The summed E-state index contributed by atoms with van der Waals surface area (Å²) in [6, 6.07) is 10.1. The molecule has 1 amide bonds. The summed E-state index contributed by atoms with van der Waals surface area (Å²) in [6.07, 6.45) is 2.47. The number of likely N-dealkylation sites (tertiary alicyclic amines) is 1. The highest BCUT2D eigenvalue weighted by molar-refractivity contribution is 5.68. The number of nitrogens with zero attached hydrogens (tertiary/aromatic N) is 1. The summed E-state index contributed by atoms with van der Waals surface area (Å²) in [5, 5.41) is 0. The molecule has 2 rings (SSSR count). The third-order valence-corrected chi connectivity index (χ3v) is 3.81. The van der Waals surface area contributed by atoms with Crippen molar-refractivity contribution < 1.29 is 14.3 Å². The minimum absolute atomic E-state index is 0.0146. The second kappa shape index (κ2) is 7.64. The van der Waals surface area contributed by atoms with Gasteiger partial charge in [-0.25, -0.2) is 4.79 Å². The van der Waals surface area contributed by atoms with Gasteiger partial charge in [0.1, 0.15) is 5.60 Å². The summed E-state index contributed by atoms with van der Waals surface area (Å²) < 4.78 is 11.5. The maximum Gasteiger partial charge on any atom is 0.410 e. The molecule has 1 fully saturated rings. The molecule has 0 aromatic heterocycles. The Morgan fingerprint density at radius 1 is 1.30 bits per heavy atom. The van der Waals surface area contributed by atoms with Crippen molar-refractivity contribution in [3.63, 3.8) is 0 Å². The van der Waals surface area contributed by atoms with Gasteiger partial charge < -0.3 is 14.4 Å². The van der Waals surface area contributed by atoms with E-state index in [9.17, 15) is 4.79 Å². The molecule has 1 aliphatic rings. The second-order valence-electron chi connectivity index (χ2n) is 7.00. The van der Waals surface area contributed by atoms with Crippen molar-refractivity contribution in [1.29, 1.82) is 0 Å². The predicted octanol–water partition coefficient (Wildman–Crippen LogP) is 4.01. The van der Waals surface area contributed by atoms with Crippen LogP contribution in [0.2, 0.25) is 0 Å². The number of benzene rings is 1. The molecule has 0 spiro atoms. The molecule has 0 bridgehead atoms. The van der Waals surface area contributed by atoms with Crippen molar-refractivity contribution in [3.05, 3.63) is 48.6 Å². The third kappa shape index (κ3) is 5.39. The Morgan fingerprint density at radius 3 is 2.61 bits per heavy atom. The van der Waals surface area contributed by atoms with E-state index in [2.05, 4.69) is 6.58 Å². The normalized spacial score (nSPS) is 21.3. The van der Waals surface area contributed by atoms with Crippen molar-refractivity contribution in [1.82, 2.24) is 4.90 Å². The summed E-state index contributed by atoms with van der Waals surface area (Å²) >= 11 is 0. The molecule has 1 aromatic carbocycles. The number of amides is 1. The highest BCUT2D eigenvalue weighted by atomic mass is 16.6. The van der Waals surface area contributed by atoms with Crippen molar-refractivity contribution >= 4 is 6.09 Å². The van der Waals surface area contributed by atoms with E-state index < -0.39 is 5.60 Å². The fourth-order valence-corrected chi connectivity index (χ4v) is 2.72. The van der Waals surface area contributed by atoms with Crippen LogP contribution in [0.25, 0.3) is 0 Å². The van der Waals surface area contributed by atoms with Crippen LogP contribution in [0, 0.1) is 5.92 Å². The number of carbonyl (C=O) groups excluding carboxylic acids is 1. The van der Waals surface area contributed by atoms with Crippen molar-refractivity contribution in [3.8, 4) is 0 Å². The molecule has 1 aliphatic heterocycles. The predicted molar refractivity (Wildman–Crippen MR) is 91.1 cm³/mol. The lowest BCUT2D eigenvalue weighted by Crippen LogP contribution is -2.36. The van der Waals surface area contributed by atoms with Gasteiger partial charge in [-0.1, -0.05) is 36.4 Å². The highest BCUT2D eigenvalue weighted by Crippen LogP contribution is 2.26. The molecule has 1 saturated heterocycles. The summed E-state index contributed by atoms with van der Waals surface area (Å²) in [5.41, 5.74) is 0.661. The molecular formula is C19H27NO3. The molecule has 1 heterocycles. The molecule has 1 aromatic rings. The zero-order valence-electron chi connectivity index (χ0n) is 14.3. The Hall–Kier alpha value is -1.81. The Labute approximate surface area is 139 Å². The fourth-order valence-electron chi connectivity index (χ4n) is 2.72. The van der Waals surface area contributed by atoms with E-state index in [1.54, 1.807) is 4.90 Å².